The summed E-state index contributed by atoms with van der Waals surface area (Å²) in [5, 5.41) is 3.19. The number of alkyl halides is 3. The van der Waals surface area contributed by atoms with Gasteiger partial charge in [-0.2, -0.15) is 0 Å². The van der Waals surface area contributed by atoms with Crippen molar-refractivity contribution in [3.05, 3.63) is 29.8 Å². The highest BCUT2D eigenvalue weighted by Gasteiger charge is 2.31. The summed E-state index contributed by atoms with van der Waals surface area (Å²) in [5.74, 6) is 0.552. The van der Waals surface area contributed by atoms with E-state index in [1.807, 2.05) is 13.1 Å². The lowest BCUT2D eigenvalue weighted by Gasteiger charge is -2.31. The summed E-state index contributed by atoms with van der Waals surface area (Å²) < 4.78 is 40.6. The third-order valence-corrected chi connectivity index (χ3v) is 3.74. The first-order valence-electron chi connectivity index (χ1n) is 7.18. The van der Waals surface area contributed by atoms with Crippen LogP contribution in [0.15, 0.2) is 24.3 Å². The number of nitrogens with zero attached hydrogens (tertiary/aromatic N) is 1. The van der Waals surface area contributed by atoms with Gasteiger partial charge in [0.25, 0.3) is 0 Å². The van der Waals surface area contributed by atoms with Crippen LogP contribution >= 0.6 is 0 Å². The highest BCUT2D eigenvalue weighted by Crippen LogP contribution is 2.24. The lowest BCUT2D eigenvalue weighted by atomic mass is 9.96. The molecule has 21 heavy (non-hydrogen) atoms. The maximum Gasteiger partial charge on any atom is 0.573 e. The van der Waals surface area contributed by atoms with Crippen molar-refractivity contribution in [1.29, 1.82) is 0 Å². The molecule has 0 bridgehead atoms. The molecule has 1 fully saturated rings. The van der Waals surface area contributed by atoms with Gasteiger partial charge in [0.15, 0.2) is 0 Å². The minimum absolute atomic E-state index is 0.148. The first-order chi connectivity index (χ1) is 9.96. The van der Waals surface area contributed by atoms with Gasteiger partial charge in [-0.05, 0) is 63.1 Å². The van der Waals surface area contributed by atoms with Crippen LogP contribution in [0.2, 0.25) is 0 Å². The van der Waals surface area contributed by atoms with Gasteiger partial charge in [-0.15, -0.1) is 13.2 Å². The van der Waals surface area contributed by atoms with Crippen molar-refractivity contribution < 1.29 is 17.9 Å². The molecule has 2 rings (SSSR count). The molecule has 0 unspecified atom stereocenters. The lowest BCUT2D eigenvalue weighted by Crippen LogP contribution is -2.36. The molecular formula is C15H21F3N2O. The molecule has 3 nitrogen and oxygen atoms in total. The molecule has 0 atom stereocenters. The van der Waals surface area contributed by atoms with Gasteiger partial charge < -0.3 is 10.1 Å². The van der Waals surface area contributed by atoms with Crippen molar-refractivity contribution in [3.8, 4) is 5.75 Å². The molecule has 0 aliphatic carbocycles. The SMILES string of the molecule is CNCC1CCN(Cc2cccc(OC(F)(F)F)c2)CC1. The molecular weight excluding hydrogens is 281 g/mol. The molecule has 0 spiro atoms. The molecule has 0 aromatic heterocycles. The van der Waals surface area contributed by atoms with Gasteiger partial charge in [-0.1, -0.05) is 12.1 Å². The van der Waals surface area contributed by atoms with Gasteiger partial charge >= 0.3 is 6.36 Å². The number of likely N-dealkylation sites (tertiary alicyclic amines) is 1. The van der Waals surface area contributed by atoms with Crippen molar-refractivity contribution in [2.75, 3.05) is 26.7 Å². The Morgan fingerprint density at radius 3 is 2.62 bits per heavy atom. The van der Waals surface area contributed by atoms with Crippen LogP contribution in [0.1, 0.15) is 18.4 Å². The van der Waals surface area contributed by atoms with E-state index in [2.05, 4.69) is 15.0 Å². The van der Waals surface area contributed by atoms with Crippen molar-refractivity contribution in [2.45, 2.75) is 25.7 Å². The number of benzene rings is 1. The van der Waals surface area contributed by atoms with Gasteiger partial charge in [0.1, 0.15) is 5.75 Å². The predicted molar refractivity (Wildman–Crippen MR) is 75.1 cm³/mol. The Bertz CT molecular complexity index is 443. The van der Waals surface area contributed by atoms with Crippen LogP contribution < -0.4 is 10.1 Å². The molecule has 1 aromatic carbocycles. The van der Waals surface area contributed by atoms with E-state index in [4.69, 9.17) is 0 Å². The summed E-state index contributed by atoms with van der Waals surface area (Å²) in [6.45, 7) is 3.66. The molecule has 0 amide bonds. The number of nitrogens with one attached hydrogen (secondary N) is 1. The second-order valence-electron chi connectivity index (χ2n) is 5.47. The maximum atomic E-state index is 12.2. The van der Waals surface area contributed by atoms with Gasteiger partial charge in [0, 0.05) is 6.54 Å². The Hall–Kier alpha value is -1.27. The molecule has 0 saturated carbocycles. The first-order valence-corrected chi connectivity index (χ1v) is 7.18. The highest BCUT2D eigenvalue weighted by molar-refractivity contribution is 5.28. The van der Waals surface area contributed by atoms with Crippen LogP contribution in [0.5, 0.6) is 5.75 Å². The van der Waals surface area contributed by atoms with Crippen LogP contribution in [0.25, 0.3) is 0 Å². The van der Waals surface area contributed by atoms with Gasteiger partial charge in [-0.25, -0.2) is 0 Å². The third-order valence-electron chi connectivity index (χ3n) is 3.74. The summed E-state index contributed by atoms with van der Waals surface area (Å²) in [4.78, 5) is 2.28. The summed E-state index contributed by atoms with van der Waals surface area (Å²) >= 11 is 0. The molecule has 1 aliphatic rings. The Morgan fingerprint density at radius 1 is 1.29 bits per heavy atom. The Balaban J connectivity index is 1.87. The fraction of sp³-hybridized carbons (Fsp3) is 0.600. The lowest BCUT2D eigenvalue weighted by molar-refractivity contribution is -0.274. The molecule has 0 radical (unpaired) electrons. The van der Waals surface area contributed by atoms with E-state index in [0.29, 0.717) is 12.5 Å². The largest absolute Gasteiger partial charge is 0.573 e. The highest BCUT2D eigenvalue weighted by atomic mass is 19.4. The number of hydrogen-bond donors (Lipinski definition) is 1. The van der Waals surface area contributed by atoms with E-state index in [-0.39, 0.29) is 5.75 Å². The number of hydrogen-bond acceptors (Lipinski definition) is 3. The topological polar surface area (TPSA) is 24.5 Å². The van der Waals surface area contributed by atoms with E-state index < -0.39 is 6.36 Å². The van der Waals surface area contributed by atoms with E-state index in [1.165, 1.54) is 12.1 Å². The maximum absolute atomic E-state index is 12.2. The Morgan fingerprint density at radius 2 is 2.00 bits per heavy atom. The summed E-state index contributed by atoms with van der Waals surface area (Å²) in [7, 11) is 1.96. The molecule has 1 aliphatic heterocycles. The molecule has 6 heteroatoms. The van der Waals surface area contributed by atoms with Gasteiger partial charge in [-0.3, -0.25) is 4.90 Å². The second-order valence-corrected chi connectivity index (χ2v) is 5.47. The van der Waals surface area contributed by atoms with E-state index in [0.717, 1.165) is 38.0 Å². The number of ether oxygens (including phenoxy) is 1. The Kier molecular flexibility index (Phi) is 5.47. The number of piperidine rings is 1. The van der Waals surface area contributed by atoms with E-state index in [1.54, 1.807) is 6.07 Å². The van der Waals surface area contributed by atoms with Crippen molar-refractivity contribution >= 4 is 0 Å². The van der Waals surface area contributed by atoms with Crippen molar-refractivity contribution in [1.82, 2.24) is 10.2 Å². The third kappa shape index (κ3) is 5.55. The van der Waals surface area contributed by atoms with Crippen LogP contribution in [-0.2, 0) is 6.54 Å². The van der Waals surface area contributed by atoms with Crippen LogP contribution in [0.4, 0.5) is 13.2 Å². The predicted octanol–water partition coefficient (Wildman–Crippen LogP) is 3.02. The standard InChI is InChI=1S/C15H21F3N2O/c1-19-10-12-5-7-20(8-6-12)11-13-3-2-4-14(9-13)21-15(16,17)18/h2-4,9,12,19H,5-8,10-11H2,1H3. The smallest absolute Gasteiger partial charge is 0.406 e. The Labute approximate surface area is 123 Å². The number of halogens is 3. The molecule has 1 heterocycles. The second kappa shape index (κ2) is 7.13. The fourth-order valence-electron chi connectivity index (χ4n) is 2.74. The molecule has 118 valence electrons. The molecule has 1 N–H and O–H groups in total. The minimum Gasteiger partial charge on any atom is -0.406 e. The van der Waals surface area contributed by atoms with E-state index in [9.17, 15) is 13.2 Å². The average molecular weight is 302 g/mol. The zero-order valence-corrected chi connectivity index (χ0v) is 12.1. The van der Waals surface area contributed by atoms with Crippen molar-refractivity contribution in [2.24, 2.45) is 5.92 Å². The molecule has 1 saturated heterocycles. The first kappa shape index (κ1) is 16.1. The zero-order valence-electron chi connectivity index (χ0n) is 12.1. The summed E-state index contributed by atoms with van der Waals surface area (Å²) in [6.07, 6.45) is -2.39. The van der Waals surface area contributed by atoms with Crippen molar-refractivity contribution in [3.63, 3.8) is 0 Å². The monoisotopic (exact) mass is 302 g/mol. The normalized spacial score (nSPS) is 17.9. The number of rotatable bonds is 5. The summed E-state index contributed by atoms with van der Waals surface area (Å²) in [5.41, 5.74) is 0.851. The van der Waals surface area contributed by atoms with Crippen LogP contribution in [0, 0.1) is 5.92 Å². The summed E-state index contributed by atoms with van der Waals surface area (Å²) in [6, 6.07) is 6.23. The van der Waals surface area contributed by atoms with E-state index >= 15 is 0 Å². The minimum atomic E-state index is -4.63. The molecule has 1 aromatic rings. The zero-order chi connectivity index (χ0) is 15.3. The quantitative estimate of drug-likeness (QED) is 0.905. The fourth-order valence-corrected chi connectivity index (χ4v) is 2.74. The van der Waals surface area contributed by atoms with Crippen LogP contribution in [0.3, 0.4) is 0 Å². The van der Waals surface area contributed by atoms with Gasteiger partial charge in [0.05, 0.1) is 0 Å². The average Bonchev–Trinajstić information content (AvgIpc) is 2.40. The van der Waals surface area contributed by atoms with Gasteiger partial charge in [0.2, 0.25) is 0 Å². The van der Waals surface area contributed by atoms with Crippen LogP contribution in [-0.4, -0.2) is 37.9 Å².